The second-order valence-electron chi connectivity index (χ2n) is 5.13. The standard InChI is InChI=1S/C17H21NO3/c1-11(13-4-7-15(21-3)8-5-13)18-12(2)16-9-6-14(19)10-17(16)20/h4-12,18-20H,1-3H3/t11-,12?/m1/s1. The molecular formula is C17H21NO3. The molecule has 3 N–H and O–H groups in total. The Kier molecular flexibility index (Phi) is 4.70. The highest BCUT2D eigenvalue weighted by molar-refractivity contribution is 5.40. The van der Waals surface area contributed by atoms with Crippen LogP contribution in [0.15, 0.2) is 42.5 Å². The van der Waals surface area contributed by atoms with E-state index in [0.717, 1.165) is 16.9 Å². The molecule has 2 aromatic carbocycles. The number of phenols is 2. The largest absolute Gasteiger partial charge is 0.508 e. The second kappa shape index (κ2) is 6.50. The fourth-order valence-corrected chi connectivity index (χ4v) is 2.35. The Morgan fingerprint density at radius 2 is 1.62 bits per heavy atom. The zero-order valence-corrected chi connectivity index (χ0v) is 12.5. The maximum atomic E-state index is 9.90. The van der Waals surface area contributed by atoms with E-state index < -0.39 is 0 Å². The zero-order valence-electron chi connectivity index (χ0n) is 12.5. The number of methoxy groups -OCH3 is 1. The van der Waals surface area contributed by atoms with Crippen LogP contribution in [0.1, 0.15) is 37.1 Å². The van der Waals surface area contributed by atoms with Crippen molar-refractivity contribution in [1.29, 1.82) is 0 Å². The van der Waals surface area contributed by atoms with Crippen molar-refractivity contribution in [2.24, 2.45) is 0 Å². The maximum Gasteiger partial charge on any atom is 0.124 e. The summed E-state index contributed by atoms with van der Waals surface area (Å²) < 4.78 is 5.15. The third kappa shape index (κ3) is 3.67. The average molecular weight is 287 g/mol. The van der Waals surface area contributed by atoms with Gasteiger partial charge in [0.1, 0.15) is 17.2 Å². The van der Waals surface area contributed by atoms with Gasteiger partial charge < -0.3 is 20.3 Å². The molecule has 0 aromatic heterocycles. The molecule has 0 aliphatic rings. The first-order valence-corrected chi connectivity index (χ1v) is 6.93. The quantitative estimate of drug-likeness (QED) is 0.787. The fourth-order valence-electron chi connectivity index (χ4n) is 2.35. The predicted octanol–water partition coefficient (Wildman–Crippen LogP) is 3.52. The van der Waals surface area contributed by atoms with E-state index in [1.54, 1.807) is 19.2 Å². The lowest BCUT2D eigenvalue weighted by Gasteiger charge is -2.21. The van der Waals surface area contributed by atoms with Crippen LogP contribution in [-0.2, 0) is 0 Å². The first-order valence-electron chi connectivity index (χ1n) is 6.93. The van der Waals surface area contributed by atoms with Gasteiger partial charge in [-0.3, -0.25) is 0 Å². The molecule has 0 radical (unpaired) electrons. The van der Waals surface area contributed by atoms with Gasteiger partial charge in [-0.15, -0.1) is 0 Å². The van der Waals surface area contributed by atoms with E-state index in [2.05, 4.69) is 12.2 Å². The molecule has 0 amide bonds. The summed E-state index contributed by atoms with van der Waals surface area (Å²) in [5.74, 6) is 0.985. The SMILES string of the molecule is COc1ccc([C@@H](C)NC(C)c2ccc(O)cc2O)cc1. The molecule has 1 unspecified atom stereocenters. The summed E-state index contributed by atoms with van der Waals surface area (Å²) in [6.45, 7) is 4.04. The van der Waals surface area contributed by atoms with Crippen LogP contribution in [0, 0.1) is 0 Å². The Morgan fingerprint density at radius 3 is 2.19 bits per heavy atom. The highest BCUT2D eigenvalue weighted by Crippen LogP contribution is 2.29. The molecule has 2 atom stereocenters. The van der Waals surface area contributed by atoms with Gasteiger partial charge >= 0.3 is 0 Å². The van der Waals surface area contributed by atoms with Gasteiger partial charge in [0.2, 0.25) is 0 Å². The molecule has 0 saturated heterocycles. The molecule has 0 aliphatic carbocycles. The number of benzene rings is 2. The lowest BCUT2D eigenvalue weighted by Crippen LogP contribution is -2.22. The van der Waals surface area contributed by atoms with Crippen LogP contribution >= 0.6 is 0 Å². The number of hydrogen-bond acceptors (Lipinski definition) is 4. The molecule has 4 heteroatoms. The number of phenolic OH excluding ortho intramolecular Hbond substituents is 2. The smallest absolute Gasteiger partial charge is 0.124 e. The molecular weight excluding hydrogens is 266 g/mol. The van der Waals surface area contributed by atoms with Crippen LogP contribution in [0.25, 0.3) is 0 Å². The van der Waals surface area contributed by atoms with Gasteiger partial charge in [-0.25, -0.2) is 0 Å². The van der Waals surface area contributed by atoms with Crippen molar-refractivity contribution in [3.63, 3.8) is 0 Å². The minimum atomic E-state index is -0.0392. The Labute approximate surface area is 125 Å². The summed E-state index contributed by atoms with van der Waals surface area (Å²) in [7, 11) is 1.65. The number of hydrogen-bond donors (Lipinski definition) is 3. The number of ether oxygens (including phenoxy) is 1. The van der Waals surface area contributed by atoms with Gasteiger partial charge in [0.25, 0.3) is 0 Å². The van der Waals surface area contributed by atoms with Gasteiger partial charge in [0, 0.05) is 23.7 Å². The van der Waals surface area contributed by atoms with Gasteiger partial charge in [0.15, 0.2) is 0 Å². The number of rotatable bonds is 5. The molecule has 0 aliphatic heterocycles. The van der Waals surface area contributed by atoms with Crippen molar-refractivity contribution in [3.05, 3.63) is 53.6 Å². The minimum Gasteiger partial charge on any atom is -0.508 e. The van der Waals surface area contributed by atoms with Crippen LogP contribution in [0.3, 0.4) is 0 Å². The summed E-state index contributed by atoms with van der Waals surface area (Å²) >= 11 is 0. The molecule has 0 bridgehead atoms. The van der Waals surface area contributed by atoms with Crippen molar-refractivity contribution >= 4 is 0 Å². The summed E-state index contributed by atoms with van der Waals surface area (Å²) in [5.41, 5.74) is 1.90. The molecule has 4 nitrogen and oxygen atoms in total. The van der Waals surface area contributed by atoms with E-state index in [4.69, 9.17) is 4.74 Å². The molecule has 0 fully saturated rings. The molecule has 0 spiro atoms. The van der Waals surface area contributed by atoms with Crippen molar-refractivity contribution in [1.82, 2.24) is 5.32 Å². The Bertz CT molecular complexity index is 595. The molecule has 2 aromatic rings. The van der Waals surface area contributed by atoms with Gasteiger partial charge in [-0.2, -0.15) is 0 Å². The first-order chi connectivity index (χ1) is 10.0. The van der Waals surface area contributed by atoms with Crippen molar-refractivity contribution in [2.45, 2.75) is 25.9 Å². The van der Waals surface area contributed by atoms with Crippen LogP contribution in [0.4, 0.5) is 0 Å². The molecule has 2 rings (SSSR count). The Morgan fingerprint density at radius 1 is 0.952 bits per heavy atom. The second-order valence-corrected chi connectivity index (χ2v) is 5.13. The number of aromatic hydroxyl groups is 2. The highest BCUT2D eigenvalue weighted by Gasteiger charge is 2.14. The van der Waals surface area contributed by atoms with E-state index in [0.29, 0.717) is 0 Å². The monoisotopic (exact) mass is 287 g/mol. The highest BCUT2D eigenvalue weighted by atomic mass is 16.5. The summed E-state index contributed by atoms with van der Waals surface area (Å²) in [6, 6.07) is 12.6. The van der Waals surface area contributed by atoms with E-state index in [-0.39, 0.29) is 23.6 Å². The van der Waals surface area contributed by atoms with Crippen molar-refractivity contribution in [3.8, 4) is 17.2 Å². The third-order valence-electron chi connectivity index (χ3n) is 3.60. The number of nitrogens with one attached hydrogen (secondary N) is 1. The lowest BCUT2D eigenvalue weighted by molar-refractivity contribution is 0.413. The van der Waals surface area contributed by atoms with Gasteiger partial charge in [0.05, 0.1) is 7.11 Å². The Balaban J connectivity index is 2.08. The maximum absolute atomic E-state index is 9.90. The van der Waals surface area contributed by atoms with Crippen LogP contribution in [0.5, 0.6) is 17.2 Å². The van der Waals surface area contributed by atoms with E-state index >= 15 is 0 Å². The minimum absolute atomic E-state index is 0.0392. The topological polar surface area (TPSA) is 61.7 Å². The summed E-state index contributed by atoms with van der Waals surface area (Å²) in [4.78, 5) is 0. The summed E-state index contributed by atoms with van der Waals surface area (Å²) in [6.07, 6.45) is 0. The van der Waals surface area contributed by atoms with Crippen molar-refractivity contribution < 1.29 is 14.9 Å². The average Bonchev–Trinajstić information content (AvgIpc) is 2.47. The van der Waals surface area contributed by atoms with E-state index in [1.165, 1.54) is 6.07 Å². The Hall–Kier alpha value is -2.20. The van der Waals surface area contributed by atoms with Crippen LogP contribution in [-0.4, -0.2) is 17.3 Å². The first kappa shape index (κ1) is 15.2. The van der Waals surface area contributed by atoms with E-state index in [1.807, 2.05) is 31.2 Å². The van der Waals surface area contributed by atoms with Crippen LogP contribution in [0.2, 0.25) is 0 Å². The molecule has 0 saturated carbocycles. The van der Waals surface area contributed by atoms with Crippen molar-refractivity contribution in [2.75, 3.05) is 7.11 Å². The van der Waals surface area contributed by atoms with Gasteiger partial charge in [-0.1, -0.05) is 18.2 Å². The molecule has 0 heterocycles. The predicted molar refractivity (Wildman–Crippen MR) is 82.7 cm³/mol. The molecule has 112 valence electrons. The molecule has 21 heavy (non-hydrogen) atoms. The normalized spacial score (nSPS) is 13.7. The third-order valence-corrected chi connectivity index (χ3v) is 3.60. The zero-order chi connectivity index (χ0) is 15.4. The lowest BCUT2D eigenvalue weighted by atomic mass is 10.0. The van der Waals surface area contributed by atoms with E-state index in [9.17, 15) is 10.2 Å². The van der Waals surface area contributed by atoms with Crippen LogP contribution < -0.4 is 10.1 Å². The summed E-state index contributed by atoms with van der Waals surface area (Å²) in [5, 5.41) is 22.7. The fraction of sp³-hybridized carbons (Fsp3) is 0.294. The van der Waals surface area contributed by atoms with Gasteiger partial charge in [-0.05, 0) is 37.6 Å².